The molecule has 0 N–H and O–H groups in total. The average Bonchev–Trinajstić information content (AvgIpc) is 2.84. The normalized spacial score (nSPS) is 16.9. The molecule has 0 aliphatic heterocycles. The number of hydrogen-bond donors (Lipinski definition) is 0. The number of carbonyl (C=O) groups is 1. The largest absolute Gasteiger partial charge is 0.293 e. The molecule has 1 saturated carbocycles. The number of halogens is 2. The van der Waals surface area contributed by atoms with Crippen LogP contribution in [0.3, 0.4) is 0 Å². The van der Waals surface area contributed by atoms with Crippen molar-refractivity contribution in [3.63, 3.8) is 0 Å². The summed E-state index contributed by atoms with van der Waals surface area (Å²) in [6.07, 6.45) is 5.10. The van der Waals surface area contributed by atoms with Crippen LogP contribution in [0.25, 0.3) is 0 Å². The maximum absolute atomic E-state index is 11.9. The van der Waals surface area contributed by atoms with Gasteiger partial charge in [0.1, 0.15) is 4.34 Å². The van der Waals surface area contributed by atoms with Crippen LogP contribution < -0.4 is 0 Å². The first-order valence-electron chi connectivity index (χ1n) is 5.26. The van der Waals surface area contributed by atoms with Crippen molar-refractivity contribution < 1.29 is 4.79 Å². The Morgan fingerprint density at radius 3 is 2.69 bits per heavy atom. The summed E-state index contributed by atoms with van der Waals surface area (Å²) in [6.45, 7) is 0. The van der Waals surface area contributed by atoms with Crippen LogP contribution in [0.2, 0.25) is 8.67 Å². The summed E-state index contributed by atoms with van der Waals surface area (Å²) in [7, 11) is 0. The van der Waals surface area contributed by atoms with Gasteiger partial charge < -0.3 is 0 Å². The minimum Gasteiger partial charge on any atom is -0.293 e. The van der Waals surface area contributed by atoms with Gasteiger partial charge in [-0.2, -0.15) is 11.8 Å². The van der Waals surface area contributed by atoms with Crippen molar-refractivity contribution in [3.8, 4) is 0 Å². The second kappa shape index (κ2) is 5.76. The van der Waals surface area contributed by atoms with Crippen molar-refractivity contribution in [2.45, 2.75) is 30.9 Å². The zero-order valence-corrected chi connectivity index (χ0v) is 11.8. The maximum atomic E-state index is 11.9. The van der Waals surface area contributed by atoms with Crippen molar-refractivity contribution in [1.29, 1.82) is 0 Å². The zero-order chi connectivity index (χ0) is 11.5. The number of thioether (sulfide) groups is 1. The SMILES string of the molecule is O=C(CSC1CCCC1)c1cc(Cl)sc1Cl. The van der Waals surface area contributed by atoms with E-state index < -0.39 is 0 Å². The Bertz CT molecular complexity index is 383. The lowest BCUT2D eigenvalue weighted by Gasteiger charge is -2.06. The van der Waals surface area contributed by atoms with Gasteiger partial charge in [0.2, 0.25) is 0 Å². The standard InChI is InChI=1S/C11H12Cl2OS2/c12-10-5-8(11(13)16-10)9(14)6-15-7-3-1-2-4-7/h5,7H,1-4,6H2. The summed E-state index contributed by atoms with van der Waals surface area (Å²) < 4.78 is 1.10. The lowest BCUT2D eigenvalue weighted by atomic mass is 10.2. The van der Waals surface area contributed by atoms with E-state index in [0.29, 0.717) is 25.2 Å². The number of hydrogen-bond acceptors (Lipinski definition) is 3. The van der Waals surface area contributed by atoms with Gasteiger partial charge in [-0.1, -0.05) is 36.0 Å². The van der Waals surface area contributed by atoms with Crippen LogP contribution in [0.4, 0.5) is 0 Å². The Kier molecular flexibility index (Phi) is 4.59. The highest BCUT2D eigenvalue weighted by atomic mass is 35.5. The zero-order valence-electron chi connectivity index (χ0n) is 8.67. The molecular weight excluding hydrogens is 283 g/mol. The van der Waals surface area contributed by atoms with Crippen LogP contribution in [0, 0.1) is 0 Å². The third-order valence-corrected chi connectivity index (χ3v) is 5.57. The van der Waals surface area contributed by atoms with Gasteiger partial charge in [0.25, 0.3) is 0 Å². The molecule has 0 saturated heterocycles. The molecule has 0 aromatic carbocycles. The molecule has 0 amide bonds. The van der Waals surface area contributed by atoms with Crippen LogP contribution in [-0.4, -0.2) is 16.8 Å². The van der Waals surface area contributed by atoms with E-state index in [-0.39, 0.29) is 5.78 Å². The highest BCUT2D eigenvalue weighted by Crippen LogP contribution is 2.34. The van der Waals surface area contributed by atoms with Gasteiger partial charge in [-0.3, -0.25) is 4.79 Å². The maximum Gasteiger partial charge on any atom is 0.175 e. The number of Topliss-reactive ketones (excluding diaryl/α,β-unsaturated/α-hetero) is 1. The fourth-order valence-corrected chi connectivity index (χ4v) is 4.56. The molecule has 1 aromatic heterocycles. The molecule has 0 radical (unpaired) electrons. The topological polar surface area (TPSA) is 17.1 Å². The summed E-state index contributed by atoms with van der Waals surface area (Å²) in [5, 5.41) is 0.664. The van der Waals surface area contributed by atoms with Crippen LogP contribution in [0.5, 0.6) is 0 Å². The van der Waals surface area contributed by atoms with Gasteiger partial charge >= 0.3 is 0 Å². The molecule has 1 nitrogen and oxygen atoms in total. The van der Waals surface area contributed by atoms with E-state index in [2.05, 4.69) is 0 Å². The van der Waals surface area contributed by atoms with Crippen LogP contribution >= 0.6 is 46.3 Å². The monoisotopic (exact) mass is 294 g/mol. The minimum absolute atomic E-state index is 0.102. The smallest absolute Gasteiger partial charge is 0.175 e. The summed E-state index contributed by atoms with van der Waals surface area (Å²) in [5.41, 5.74) is 0.585. The third-order valence-electron chi connectivity index (χ3n) is 2.71. The molecule has 16 heavy (non-hydrogen) atoms. The van der Waals surface area contributed by atoms with Crippen LogP contribution in [0.1, 0.15) is 36.0 Å². The first kappa shape index (κ1) is 12.7. The molecule has 1 heterocycles. The van der Waals surface area contributed by atoms with E-state index in [1.807, 2.05) is 0 Å². The summed E-state index contributed by atoms with van der Waals surface area (Å²) in [5.74, 6) is 0.627. The van der Waals surface area contributed by atoms with E-state index in [1.54, 1.807) is 17.8 Å². The molecule has 1 aliphatic rings. The molecule has 0 spiro atoms. The summed E-state index contributed by atoms with van der Waals surface area (Å²) in [4.78, 5) is 11.9. The highest BCUT2D eigenvalue weighted by molar-refractivity contribution is 8.00. The van der Waals surface area contributed by atoms with Gasteiger partial charge in [-0.25, -0.2) is 0 Å². The number of carbonyl (C=O) groups excluding carboxylic acids is 1. The molecule has 1 aliphatic carbocycles. The van der Waals surface area contributed by atoms with Gasteiger partial charge in [0.15, 0.2) is 5.78 Å². The average molecular weight is 295 g/mol. The Morgan fingerprint density at radius 1 is 1.44 bits per heavy atom. The first-order valence-corrected chi connectivity index (χ1v) is 7.88. The Morgan fingerprint density at radius 2 is 2.12 bits per heavy atom. The second-order valence-electron chi connectivity index (χ2n) is 3.88. The van der Waals surface area contributed by atoms with Crippen molar-refractivity contribution in [3.05, 3.63) is 20.3 Å². The molecular formula is C11H12Cl2OS2. The van der Waals surface area contributed by atoms with Crippen molar-refractivity contribution in [2.75, 3.05) is 5.75 Å². The highest BCUT2D eigenvalue weighted by Gasteiger charge is 2.19. The van der Waals surface area contributed by atoms with Crippen molar-refractivity contribution in [1.82, 2.24) is 0 Å². The molecule has 1 aromatic rings. The van der Waals surface area contributed by atoms with Gasteiger partial charge in [0, 0.05) is 10.8 Å². The molecule has 5 heteroatoms. The van der Waals surface area contributed by atoms with Gasteiger partial charge in [-0.05, 0) is 18.9 Å². The van der Waals surface area contributed by atoms with Crippen LogP contribution in [-0.2, 0) is 0 Å². The Labute approximate surface area is 114 Å². The minimum atomic E-state index is 0.102. The molecule has 88 valence electrons. The lowest BCUT2D eigenvalue weighted by Crippen LogP contribution is -2.05. The van der Waals surface area contributed by atoms with Gasteiger partial charge in [-0.15, -0.1) is 11.3 Å². The molecule has 0 bridgehead atoms. The fraction of sp³-hybridized carbons (Fsp3) is 0.545. The predicted molar refractivity (Wildman–Crippen MR) is 73.4 cm³/mol. The van der Waals surface area contributed by atoms with E-state index in [0.717, 1.165) is 0 Å². The first-order chi connectivity index (χ1) is 7.66. The van der Waals surface area contributed by atoms with Crippen molar-refractivity contribution in [2.24, 2.45) is 0 Å². The Balaban J connectivity index is 1.90. The van der Waals surface area contributed by atoms with E-state index in [9.17, 15) is 4.79 Å². The Hall–Kier alpha value is 0.300. The van der Waals surface area contributed by atoms with E-state index in [4.69, 9.17) is 23.2 Å². The number of thiophene rings is 1. The molecule has 1 fully saturated rings. The van der Waals surface area contributed by atoms with E-state index in [1.165, 1.54) is 37.0 Å². The quantitative estimate of drug-likeness (QED) is 0.734. The van der Waals surface area contributed by atoms with Gasteiger partial charge in [0.05, 0.1) is 10.1 Å². The lowest BCUT2D eigenvalue weighted by molar-refractivity contribution is 0.102. The second-order valence-corrected chi connectivity index (χ2v) is 7.45. The third kappa shape index (κ3) is 3.16. The fourth-order valence-electron chi connectivity index (χ4n) is 1.86. The van der Waals surface area contributed by atoms with Crippen molar-refractivity contribution >= 4 is 52.1 Å². The predicted octanol–water partition coefficient (Wildman–Crippen LogP) is 4.91. The summed E-state index contributed by atoms with van der Waals surface area (Å²) >= 11 is 14.8. The molecule has 0 atom stereocenters. The van der Waals surface area contributed by atoms with E-state index >= 15 is 0 Å². The number of rotatable bonds is 4. The molecule has 0 unspecified atom stereocenters. The summed E-state index contributed by atoms with van der Waals surface area (Å²) in [6, 6.07) is 1.67. The van der Waals surface area contributed by atoms with Crippen LogP contribution in [0.15, 0.2) is 6.07 Å². The number of ketones is 1. The molecule has 2 rings (SSSR count).